The van der Waals surface area contributed by atoms with Crippen molar-refractivity contribution in [3.63, 3.8) is 0 Å². The molecule has 1 heterocycles. The SMILES string of the molecule is COc1cc(OC)c2c(n1)C(=O)[C@H]1[C@H](CC(O[Si](C)(C)C)=C[C@H]1OC)C2=O. The number of aromatic nitrogens is 1. The van der Waals surface area contributed by atoms with Crippen LogP contribution in [0.4, 0.5) is 0 Å². The summed E-state index contributed by atoms with van der Waals surface area (Å²) >= 11 is 0. The van der Waals surface area contributed by atoms with Gasteiger partial charge in [-0.05, 0) is 25.7 Å². The quantitative estimate of drug-likeness (QED) is 0.714. The molecule has 0 N–H and O–H groups in total. The molecule has 0 saturated heterocycles. The fraction of sp³-hybridized carbons (Fsp3) is 0.526. The first-order valence-electron chi connectivity index (χ1n) is 8.84. The second kappa shape index (κ2) is 7.08. The smallest absolute Gasteiger partial charge is 0.241 e. The molecule has 0 aromatic carbocycles. The predicted octanol–water partition coefficient (Wildman–Crippen LogP) is 2.86. The Morgan fingerprint density at radius 1 is 1.07 bits per heavy atom. The molecular weight excluding hydrogens is 366 g/mol. The van der Waals surface area contributed by atoms with Gasteiger partial charge in [-0.2, -0.15) is 0 Å². The number of hydrogen-bond donors (Lipinski definition) is 0. The lowest BCUT2D eigenvalue weighted by Gasteiger charge is -2.39. The van der Waals surface area contributed by atoms with Gasteiger partial charge in [0.15, 0.2) is 11.6 Å². The summed E-state index contributed by atoms with van der Waals surface area (Å²) in [6.07, 6.45) is 1.65. The first kappa shape index (κ1) is 19.6. The molecule has 1 aromatic heterocycles. The van der Waals surface area contributed by atoms with Crippen molar-refractivity contribution in [1.82, 2.24) is 4.98 Å². The maximum Gasteiger partial charge on any atom is 0.241 e. The van der Waals surface area contributed by atoms with Crippen molar-refractivity contribution in [1.29, 1.82) is 0 Å². The van der Waals surface area contributed by atoms with Crippen LogP contribution in [0.5, 0.6) is 11.6 Å². The van der Waals surface area contributed by atoms with Crippen LogP contribution in [0, 0.1) is 11.8 Å². The van der Waals surface area contributed by atoms with Crippen LogP contribution >= 0.6 is 0 Å². The maximum atomic E-state index is 13.3. The lowest BCUT2D eigenvalue weighted by Crippen LogP contribution is -2.47. The third kappa shape index (κ3) is 3.51. The van der Waals surface area contributed by atoms with E-state index in [1.54, 1.807) is 0 Å². The summed E-state index contributed by atoms with van der Waals surface area (Å²) in [7, 11) is 2.58. The van der Waals surface area contributed by atoms with Crippen LogP contribution in [0.15, 0.2) is 17.9 Å². The molecule has 0 amide bonds. The molecule has 2 aliphatic rings. The van der Waals surface area contributed by atoms with Crippen LogP contribution in [-0.2, 0) is 9.16 Å². The highest BCUT2D eigenvalue weighted by molar-refractivity contribution is 6.70. The number of hydrogen-bond acceptors (Lipinski definition) is 7. The van der Waals surface area contributed by atoms with Crippen molar-refractivity contribution < 1.29 is 28.2 Å². The summed E-state index contributed by atoms with van der Waals surface area (Å²) in [6, 6.07) is 1.52. The van der Waals surface area contributed by atoms with E-state index < -0.39 is 26.3 Å². The van der Waals surface area contributed by atoms with E-state index in [1.165, 1.54) is 27.4 Å². The standard InChI is InChI=1S/C19H25NO6Si/c1-23-12-8-10(26-27(4,5)6)7-11-15(12)19(22)17-16(18(11)21)13(24-2)9-14(20-17)25-3/h8-9,11-12,15H,7H2,1-6H3/t11-,12+,15-/m0/s1. The Bertz CT molecular complexity index is 813. The Morgan fingerprint density at radius 2 is 1.78 bits per heavy atom. The minimum absolute atomic E-state index is 0.0856. The van der Waals surface area contributed by atoms with Gasteiger partial charge in [0.05, 0.1) is 37.6 Å². The summed E-state index contributed by atoms with van der Waals surface area (Å²) in [5, 5.41) is 0. The number of rotatable bonds is 5. The van der Waals surface area contributed by atoms with E-state index in [-0.39, 0.29) is 28.7 Å². The van der Waals surface area contributed by atoms with Crippen LogP contribution in [0.1, 0.15) is 27.3 Å². The van der Waals surface area contributed by atoms with Crippen molar-refractivity contribution in [3.8, 4) is 11.6 Å². The minimum atomic E-state index is -1.86. The highest BCUT2D eigenvalue weighted by Gasteiger charge is 2.50. The van der Waals surface area contributed by atoms with E-state index in [9.17, 15) is 9.59 Å². The molecule has 1 aromatic rings. The van der Waals surface area contributed by atoms with Gasteiger partial charge in [-0.15, -0.1) is 0 Å². The molecule has 3 rings (SSSR count). The van der Waals surface area contributed by atoms with Gasteiger partial charge in [0.2, 0.25) is 14.2 Å². The Hall–Kier alpha value is -2.19. The molecule has 3 atom stereocenters. The van der Waals surface area contributed by atoms with Crippen molar-refractivity contribution in [2.24, 2.45) is 11.8 Å². The predicted molar refractivity (Wildman–Crippen MR) is 101 cm³/mol. The first-order valence-corrected chi connectivity index (χ1v) is 12.2. The average molecular weight is 391 g/mol. The second-order valence-corrected chi connectivity index (χ2v) is 12.1. The number of methoxy groups -OCH3 is 3. The van der Waals surface area contributed by atoms with E-state index in [0.29, 0.717) is 17.9 Å². The van der Waals surface area contributed by atoms with E-state index in [0.717, 1.165) is 0 Å². The van der Waals surface area contributed by atoms with Crippen molar-refractivity contribution in [2.45, 2.75) is 32.2 Å². The Balaban J connectivity index is 2.09. The number of Topliss-reactive ketones (excluding diaryl/α,β-unsaturated/α-hetero) is 2. The molecule has 0 aliphatic heterocycles. The molecule has 0 unspecified atom stereocenters. The average Bonchev–Trinajstić information content (AvgIpc) is 2.62. The van der Waals surface area contributed by atoms with Gasteiger partial charge < -0.3 is 18.6 Å². The maximum absolute atomic E-state index is 13.3. The van der Waals surface area contributed by atoms with Gasteiger partial charge in [-0.1, -0.05) is 0 Å². The Morgan fingerprint density at radius 3 is 2.33 bits per heavy atom. The Kier molecular flexibility index (Phi) is 5.13. The molecule has 8 heteroatoms. The number of nitrogens with zero attached hydrogens (tertiary/aromatic N) is 1. The zero-order chi connectivity index (χ0) is 19.9. The van der Waals surface area contributed by atoms with Crippen molar-refractivity contribution >= 4 is 19.9 Å². The van der Waals surface area contributed by atoms with Gasteiger partial charge in [0.1, 0.15) is 11.4 Å². The number of pyridine rings is 1. The summed E-state index contributed by atoms with van der Waals surface area (Å²) in [5.74, 6) is -0.357. The zero-order valence-corrected chi connectivity index (χ0v) is 17.5. The van der Waals surface area contributed by atoms with E-state index in [4.69, 9.17) is 18.6 Å². The molecule has 146 valence electrons. The topological polar surface area (TPSA) is 84.0 Å². The molecule has 0 saturated carbocycles. The molecule has 7 nitrogen and oxygen atoms in total. The number of fused-ring (bicyclic) bond motifs is 2. The molecular formula is C19H25NO6Si. The third-order valence-electron chi connectivity index (χ3n) is 4.78. The zero-order valence-electron chi connectivity index (χ0n) is 16.5. The number of carbonyl (C=O) groups excluding carboxylic acids is 2. The lowest BCUT2D eigenvalue weighted by atomic mass is 9.69. The van der Waals surface area contributed by atoms with Crippen molar-refractivity contribution in [3.05, 3.63) is 29.2 Å². The summed E-state index contributed by atoms with van der Waals surface area (Å²) in [6.45, 7) is 6.22. The monoisotopic (exact) mass is 391 g/mol. The van der Waals surface area contributed by atoms with Crippen LogP contribution < -0.4 is 9.47 Å². The lowest BCUT2D eigenvalue weighted by molar-refractivity contribution is 0.0323. The van der Waals surface area contributed by atoms with Gasteiger partial charge in [-0.3, -0.25) is 9.59 Å². The van der Waals surface area contributed by atoms with Crippen LogP contribution in [0.2, 0.25) is 19.6 Å². The first-order chi connectivity index (χ1) is 12.7. The highest BCUT2D eigenvalue weighted by Crippen LogP contribution is 2.43. The minimum Gasteiger partial charge on any atom is -0.547 e. The fourth-order valence-electron chi connectivity index (χ4n) is 3.72. The fourth-order valence-corrected chi connectivity index (χ4v) is 4.66. The number of ether oxygens (including phenoxy) is 3. The normalized spacial score (nSPS) is 24.7. The van der Waals surface area contributed by atoms with Gasteiger partial charge in [0.25, 0.3) is 0 Å². The van der Waals surface area contributed by atoms with Crippen LogP contribution in [0.25, 0.3) is 0 Å². The molecule has 0 fully saturated rings. The van der Waals surface area contributed by atoms with Crippen molar-refractivity contribution in [2.75, 3.05) is 21.3 Å². The number of ketones is 2. The summed E-state index contributed by atoms with van der Waals surface area (Å²) < 4.78 is 22.2. The van der Waals surface area contributed by atoms with E-state index in [2.05, 4.69) is 24.6 Å². The largest absolute Gasteiger partial charge is 0.547 e. The molecule has 27 heavy (non-hydrogen) atoms. The highest BCUT2D eigenvalue weighted by atomic mass is 28.4. The molecule has 0 radical (unpaired) electrons. The van der Waals surface area contributed by atoms with Crippen LogP contribution in [0.3, 0.4) is 0 Å². The summed E-state index contributed by atoms with van der Waals surface area (Å²) in [5.41, 5.74) is 0.302. The Labute approximate surface area is 159 Å². The number of carbonyl (C=O) groups is 2. The van der Waals surface area contributed by atoms with Gasteiger partial charge in [0, 0.05) is 25.5 Å². The number of allylic oxidation sites excluding steroid dienone is 1. The van der Waals surface area contributed by atoms with E-state index in [1.807, 2.05) is 6.08 Å². The molecule has 0 bridgehead atoms. The molecule has 2 aliphatic carbocycles. The van der Waals surface area contributed by atoms with E-state index >= 15 is 0 Å². The summed E-state index contributed by atoms with van der Waals surface area (Å²) in [4.78, 5) is 30.8. The third-order valence-corrected chi connectivity index (χ3v) is 5.65. The second-order valence-electron chi connectivity index (χ2n) is 7.70. The van der Waals surface area contributed by atoms with Gasteiger partial charge in [-0.25, -0.2) is 4.98 Å². The van der Waals surface area contributed by atoms with Gasteiger partial charge >= 0.3 is 0 Å². The molecule has 0 spiro atoms. The van der Waals surface area contributed by atoms with Crippen LogP contribution in [-0.4, -0.2) is 52.3 Å².